The Morgan fingerprint density at radius 1 is 1.31 bits per heavy atom. The second-order valence-corrected chi connectivity index (χ2v) is 6.29. The highest BCUT2D eigenvalue weighted by Crippen LogP contribution is 2.20. The number of nitrogens with zero attached hydrogens (tertiary/aromatic N) is 4. The number of nitrogens with one attached hydrogen (secondary N) is 2. The maximum absolute atomic E-state index is 14.0. The van der Waals surface area contributed by atoms with Crippen molar-refractivity contribution in [3.05, 3.63) is 47.5 Å². The number of anilines is 2. The molecule has 0 atom stereocenters. The van der Waals surface area contributed by atoms with E-state index in [2.05, 4.69) is 20.7 Å². The molecule has 8 heteroatoms. The third kappa shape index (κ3) is 3.58. The molecule has 0 fully saturated rings. The first kappa shape index (κ1) is 17.7. The molecular weight excluding hydrogens is 335 g/mol. The molecule has 0 bridgehead atoms. The largest absolute Gasteiger partial charge is 0.375 e. The van der Waals surface area contributed by atoms with Crippen LogP contribution in [0, 0.1) is 12.7 Å². The van der Waals surface area contributed by atoms with Gasteiger partial charge in [0.25, 0.3) is 0 Å². The van der Waals surface area contributed by atoms with Gasteiger partial charge in [-0.3, -0.25) is 4.68 Å². The summed E-state index contributed by atoms with van der Waals surface area (Å²) in [7, 11) is 5.38. The van der Waals surface area contributed by atoms with Gasteiger partial charge >= 0.3 is 6.03 Å². The van der Waals surface area contributed by atoms with Crippen LogP contribution in [-0.4, -0.2) is 34.9 Å². The molecule has 136 valence electrons. The van der Waals surface area contributed by atoms with E-state index < -0.39 is 0 Å². The van der Waals surface area contributed by atoms with Crippen molar-refractivity contribution in [3.63, 3.8) is 0 Å². The summed E-state index contributed by atoms with van der Waals surface area (Å²) in [6.45, 7) is 2.11. The summed E-state index contributed by atoms with van der Waals surface area (Å²) in [6, 6.07) is 6.33. The average molecular weight is 356 g/mol. The number of benzene rings is 1. The monoisotopic (exact) mass is 356 g/mol. The van der Waals surface area contributed by atoms with E-state index in [0.717, 1.165) is 16.7 Å². The highest BCUT2D eigenvalue weighted by Gasteiger charge is 2.10. The summed E-state index contributed by atoms with van der Waals surface area (Å²) in [5.74, 6) is -0.323. The zero-order chi connectivity index (χ0) is 18.8. The van der Waals surface area contributed by atoms with E-state index in [4.69, 9.17) is 0 Å². The Kier molecular flexibility index (Phi) is 4.75. The summed E-state index contributed by atoms with van der Waals surface area (Å²) < 4.78 is 15.7. The van der Waals surface area contributed by atoms with Crippen LogP contribution in [0.3, 0.4) is 0 Å². The SMILES string of the molecule is Cc1nn(C)c2ncc(NC(=O)NCc3ccc(N(C)C)c(F)c3)cc12. The van der Waals surface area contributed by atoms with Gasteiger partial charge in [0.2, 0.25) is 0 Å². The van der Waals surface area contributed by atoms with Gasteiger partial charge in [0, 0.05) is 33.1 Å². The van der Waals surface area contributed by atoms with Gasteiger partial charge in [-0.2, -0.15) is 5.10 Å². The quantitative estimate of drug-likeness (QED) is 0.754. The van der Waals surface area contributed by atoms with Gasteiger partial charge in [-0.05, 0) is 30.7 Å². The third-order valence-corrected chi connectivity index (χ3v) is 4.07. The molecule has 2 aromatic heterocycles. The highest BCUT2D eigenvalue weighted by atomic mass is 19.1. The number of aryl methyl sites for hydroxylation is 2. The number of halogens is 1. The molecule has 0 unspecified atom stereocenters. The van der Waals surface area contributed by atoms with E-state index in [1.807, 2.05) is 20.0 Å². The molecule has 7 nitrogen and oxygen atoms in total. The first-order valence-electron chi connectivity index (χ1n) is 8.15. The molecule has 0 saturated carbocycles. The first-order chi connectivity index (χ1) is 12.3. The lowest BCUT2D eigenvalue weighted by molar-refractivity contribution is 0.251. The maximum Gasteiger partial charge on any atom is 0.319 e. The van der Waals surface area contributed by atoms with Crippen molar-refractivity contribution in [1.29, 1.82) is 0 Å². The van der Waals surface area contributed by atoms with Crippen LogP contribution in [0.2, 0.25) is 0 Å². The number of amides is 2. The number of fused-ring (bicyclic) bond motifs is 1. The minimum Gasteiger partial charge on any atom is -0.375 e. The molecule has 3 rings (SSSR count). The molecule has 26 heavy (non-hydrogen) atoms. The lowest BCUT2D eigenvalue weighted by Gasteiger charge is -2.14. The molecular formula is C18H21FN6O. The zero-order valence-corrected chi connectivity index (χ0v) is 15.2. The lowest BCUT2D eigenvalue weighted by Crippen LogP contribution is -2.28. The molecule has 0 aliphatic carbocycles. The second kappa shape index (κ2) is 6.99. The first-order valence-corrected chi connectivity index (χ1v) is 8.15. The predicted molar refractivity (Wildman–Crippen MR) is 99.8 cm³/mol. The molecule has 0 radical (unpaired) electrons. The minimum absolute atomic E-state index is 0.220. The normalized spacial score (nSPS) is 10.8. The standard InChI is InChI=1S/C18H21FN6O/c1-11-14-8-13(10-20-17(14)25(4)23-11)22-18(26)21-9-12-5-6-16(24(2)3)15(19)7-12/h5-8,10H,9H2,1-4H3,(H2,21,22,26). The fourth-order valence-electron chi connectivity index (χ4n) is 2.76. The number of pyridine rings is 1. The van der Waals surface area contributed by atoms with Crippen LogP contribution in [0.4, 0.5) is 20.6 Å². The van der Waals surface area contributed by atoms with Crippen LogP contribution in [0.25, 0.3) is 11.0 Å². The van der Waals surface area contributed by atoms with E-state index in [0.29, 0.717) is 16.9 Å². The molecule has 2 heterocycles. The molecule has 0 saturated heterocycles. The molecule has 3 aromatic rings. The maximum atomic E-state index is 14.0. The average Bonchev–Trinajstić information content (AvgIpc) is 2.86. The van der Waals surface area contributed by atoms with Gasteiger partial charge in [-0.15, -0.1) is 0 Å². The van der Waals surface area contributed by atoms with E-state index in [-0.39, 0.29) is 18.4 Å². The molecule has 0 aliphatic heterocycles. The fraction of sp³-hybridized carbons (Fsp3) is 0.278. The smallest absolute Gasteiger partial charge is 0.319 e. The van der Waals surface area contributed by atoms with Crippen LogP contribution < -0.4 is 15.5 Å². The Bertz CT molecular complexity index is 966. The number of hydrogen-bond acceptors (Lipinski definition) is 4. The molecule has 2 amide bonds. The van der Waals surface area contributed by atoms with Gasteiger partial charge in [0.05, 0.1) is 23.3 Å². The van der Waals surface area contributed by atoms with Gasteiger partial charge in [0.15, 0.2) is 5.65 Å². The van der Waals surface area contributed by atoms with E-state index in [9.17, 15) is 9.18 Å². The number of carbonyl (C=O) groups excluding carboxylic acids is 1. The number of aromatic nitrogens is 3. The molecule has 1 aromatic carbocycles. The minimum atomic E-state index is -0.384. The Morgan fingerprint density at radius 2 is 2.08 bits per heavy atom. The van der Waals surface area contributed by atoms with Crippen molar-refractivity contribution in [3.8, 4) is 0 Å². The summed E-state index contributed by atoms with van der Waals surface area (Å²) in [6.07, 6.45) is 1.58. The van der Waals surface area contributed by atoms with Crippen molar-refractivity contribution in [2.24, 2.45) is 7.05 Å². The summed E-state index contributed by atoms with van der Waals surface area (Å²) in [5.41, 5.74) is 3.35. The van der Waals surface area contributed by atoms with Crippen LogP contribution in [-0.2, 0) is 13.6 Å². The van der Waals surface area contributed by atoms with E-state index in [1.54, 1.807) is 42.0 Å². The van der Waals surface area contributed by atoms with Crippen LogP contribution in [0.5, 0.6) is 0 Å². The van der Waals surface area contributed by atoms with Crippen LogP contribution >= 0.6 is 0 Å². The predicted octanol–water partition coefficient (Wildman–Crippen LogP) is 2.80. The summed E-state index contributed by atoms with van der Waals surface area (Å²) >= 11 is 0. The molecule has 2 N–H and O–H groups in total. The number of carbonyl (C=O) groups is 1. The van der Waals surface area contributed by atoms with Crippen molar-refractivity contribution >= 4 is 28.4 Å². The Morgan fingerprint density at radius 3 is 2.77 bits per heavy atom. The van der Waals surface area contributed by atoms with Crippen molar-refractivity contribution < 1.29 is 9.18 Å². The van der Waals surface area contributed by atoms with Gasteiger partial charge in [-0.1, -0.05) is 6.07 Å². The Balaban J connectivity index is 1.64. The number of urea groups is 1. The Labute approximate surface area is 150 Å². The topological polar surface area (TPSA) is 75.1 Å². The highest BCUT2D eigenvalue weighted by molar-refractivity contribution is 5.92. The third-order valence-electron chi connectivity index (χ3n) is 4.07. The van der Waals surface area contributed by atoms with E-state index >= 15 is 0 Å². The second-order valence-electron chi connectivity index (χ2n) is 6.29. The summed E-state index contributed by atoms with van der Waals surface area (Å²) in [5, 5.41) is 10.6. The van der Waals surface area contributed by atoms with Crippen LogP contribution in [0.15, 0.2) is 30.5 Å². The van der Waals surface area contributed by atoms with Gasteiger partial charge in [0.1, 0.15) is 5.82 Å². The van der Waals surface area contributed by atoms with Crippen LogP contribution in [0.1, 0.15) is 11.3 Å². The van der Waals surface area contributed by atoms with Gasteiger partial charge in [-0.25, -0.2) is 14.2 Å². The Hall–Kier alpha value is -3.16. The van der Waals surface area contributed by atoms with Gasteiger partial charge < -0.3 is 15.5 Å². The summed E-state index contributed by atoms with van der Waals surface area (Å²) in [4.78, 5) is 18.1. The lowest BCUT2D eigenvalue weighted by atomic mass is 10.2. The number of rotatable bonds is 4. The van der Waals surface area contributed by atoms with Crippen molar-refractivity contribution in [2.45, 2.75) is 13.5 Å². The number of hydrogen-bond donors (Lipinski definition) is 2. The molecule has 0 spiro atoms. The molecule has 0 aliphatic rings. The van der Waals surface area contributed by atoms with Crippen molar-refractivity contribution in [2.75, 3.05) is 24.3 Å². The zero-order valence-electron chi connectivity index (χ0n) is 15.2. The fourth-order valence-corrected chi connectivity index (χ4v) is 2.76. The van der Waals surface area contributed by atoms with Crippen molar-refractivity contribution in [1.82, 2.24) is 20.1 Å². The van der Waals surface area contributed by atoms with E-state index in [1.165, 1.54) is 6.07 Å².